The molecule has 0 aliphatic heterocycles. The molecule has 2 N–H and O–H groups in total. The van der Waals surface area contributed by atoms with E-state index in [-0.39, 0.29) is 0 Å². The maximum absolute atomic E-state index is 5.39. The van der Waals surface area contributed by atoms with Gasteiger partial charge < -0.3 is 10.2 Å². The molecule has 0 unspecified atom stereocenters. The number of nitrogens with zero attached hydrogens (tertiary/aromatic N) is 1. The minimum atomic E-state index is 0.556. The van der Waals surface area contributed by atoms with Crippen molar-refractivity contribution in [1.29, 1.82) is 0 Å². The van der Waals surface area contributed by atoms with E-state index in [1.165, 1.54) is 0 Å². The van der Waals surface area contributed by atoms with Gasteiger partial charge in [-0.2, -0.15) is 0 Å². The third kappa shape index (κ3) is 2.38. The van der Waals surface area contributed by atoms with E-state index < -0.39 is 0 Å². The smallest absolute Gasteiger partial charge is 0.226 e. The molecule has 0 amide bonds. The van der Waals surface area contributed by atoms with E-state index in [4.69, 9.17) is 10.2 Å². The molecule has 0 saturated carbocycles. The van der Waals surface area contributed by atoms with Crippen molar-refractivity contribution >= 4 is 6.08 Å². The van der Waals surface area contributed by atoms with Crippen molar-refractivity contribution in [2.24, 2.45) is 5.73 Å². The van der Waals surface area contributed by atoms with Crippen LogP contribution < -0.4 is 5.73 Å². The molecule has 0 fully saturated rings. The molecule has 0 aliphatic carbocycles. The first-order chi connectivity index (χ1) is 7.79. The summed E-state index contributed by atoms with van der Waals surface area (Å²) in [5, 5.41) is 0. The highest BCUT2D eigenvalue weighted by Gasteiger charge is 2.02. The van der Waals surface area contributed by atoms with Crippen molar-refractivity contribution < 1.29 is 4.42 Å². The van der Waals surface area contributed by atoms with Gasteiger partial charge in [0.1, 0.15) is 6.26 Å². The third-order valence-electron chi connectivity index (χ3n) is 2.22. The second-order valence-electron chi connectivity index (χ2n) is 3.55. The Morgan fingerprint density at radius 2 is 2.06 bits per heavy atom. The molecule has 1 aromatic heterocycles. The quantitative estimate of drug-likeness (QED) is 0.854. The van der Waals surface area contributed by atoms with Crippen LogP contribution in [0.1, 0.15) is 11.3 Å². The maximum atomic E-state index is 5.39. The lowest BCUT2D eigenvalue weighted by Gasteiger charge is -1.96. The molecule has 1 aromatic carbocycles. The molecular weight excluding hydrogens is 200 g/mol. The summed E-state index contributed by atoms with van der Waals surface area (Å²) in [5.74, 6) is 0.659. The van der Waals surface area contributed by atoms with Crippen LogP contribution in [0.4, 0.5) is 0 Å². The van der Waals surface area contributed by atoms with E-state index in [0.29, 0.717) is 12.4 Å². The first-order valence-electron chi connectivity index (χ1n) is 5.19. The molecule has 3 nitrogen and oxygen atoms in total. The summed E-state index contributed by atoms with van der Waals surface area (Å²) < 4.78 is 5.32. The second-order valence-corrected chi connectivity index (χ2v) is 3.55. The molecular formula is C13H14N2O. The van der Waals surface area contributed by atoms with Crippen LogP contribution in [-0.2, 0) is 0 Å². The molecule has 16 heavy (non-hydrogen) atoms. The van der Waals surface area contributed by atoms with Gasteiger partial charge in [0.15, 0.2) is 0 Å². The molecule has 3 heteroatoms. The number of benzene rings is 1. The lowest BCUT2D eigenvalue weighted by Crippen LogP contribution is -1.91. The molecule has 0 aliphatic rings. The van der Waals surface area contributed by atoms with Gasteiger partial charge in [0.25, 0.3) is 0 Å². The number of hydrogen-bond acceptors (Lipinski definition) is 3. The summed E-state index contributed by atoms with van der Waals surface area (Å²) in [4.78, 5) is 4.27. The van der Waals surface area contributed by atoms with Gasteiger partial charge in [0, 0.05) is 12.1 Å². The zero-order valence-electron chi connectivity index (χ0n) is 9.18. The van der Waals surface area contributed by atoms with Crippen LogP contribution in [0.5, 0.6) is 0 Å². The van der Waals surface area contributed by atoms with Crippen LogP contribution in [-0.4, -0.2) is 11.5 Å². The predicted molar refractivity (Wildman–Crippen MR) is 64.8 cm³/mol. The largest absolute Gasteiger partial charge is 0.444 e. The molecule has 0 spiro atoms. The van der Waals surface area contributed by atoms with Gasteiger partial charge in [0.05, 0.1) is 5.69 Å². The Kier molecular flexibility index (Phi) is 3.17. The monoisotopic (exact) mass is 214 g/mol. The minimum Gasteiger partial charge on any atom is -0.444 e. The highest BCUT2D eigenvalue weighted by molar-refractivity contribution is 5.58. The van der Waals surface area contributed by atoms with Crippen LogP contribution in [0.25, 0.3) is 17.5 Å². The van der Waals surface area contributed by atoms with Gasteiger partial charge in [-0.15, -0.1) is 0 Å². The van der Waals surface area contributed by atoms with E-state index >= 15 is 0 Å². The number of oxazole rings is 1. The molecule has 2 rings (SSSR count). The SMILES string of the molecule is Cc1coc(-c2ccc(/C=C/CN)cc2)n1. The fourth-order valence-electron chi connectivity index (χ4n) is 1.43. The van der Waals surface area contributed by atoms with Crippen molar-refractivity contribution in [2.45, 2.75) is 6.92 Å². The van der Waals surface area contributed by atoms with Crippen molar-refractivity contribution in [3.63, 3.8) is 0 Å². The number of hydrogen-bond donors (Lipinski definition) is 1. The Morgan fingerprint density at radius 1 is 1.31 bits per heavy atom. The predicted octanol–water partition coefficient (Wildman–Crippen LogP) is 2.62. The van der Waals surface area contributed by atoms with Crippen LogP contribution in [0.2, 0.25) is 0 Å². The Hall–Kier alpha value is -1.87. The molecule has 0 atom stereocenters. The number of aryl methyl sites for hydroxylation is 1. The zero-order chi connectivity index (χ0) is 11.4. The van der Waals surface area contributed by atoms with Gasteiger partial charge in [-0.3, -0.25) is 0 Å². The minimum absolute atomic E-state index is 0.556. The highest BCUT2D eigenvalue weighted by Crippen LogP contribution is 2.19. The van der Waals surface area contributed by atoms with Crippen molar-refractivity contribution in [3.05, 3.63) is 47.9 Å². The topological polar surface area (TPSA) is 52.0 Å². The van der Waals surface area contributed by atoms with Crippen LogP contribution in [0, 0.1) is 6.92 Å². The van der Waals surface area contributed by atoms with Gasteiger partial charge >= 0.3 is 0 Å². The van der Waals surface area contributed by atoms with E-state index in [2.05, 4.69) is 4.98 Å². The fraction of sp³-hybridized carbons (Fsp3) is 0.154. The van der Waals surface area contributed by atoms with Crippen molar-refractivity contribution in [2.75, 3.05) is 6.54 Å². The number of rotatable bonds is 3. The first-order valence-corrected chi connectivity index (χ1v) is 5.19. The molecule has 0 saturated heterocycles. The molecule has 82 valence electrons. The summed E-state index contributed by atoms with van der Waals surface area (Å²) in [5.41, 5.74) is 8.39. The van der Waals surface area contributed by atoms with E-state index in [0.717, 1.165) is 16.8 Å². The van der Waals surface area contributed by atoms with Crippen LogP contribution in [0.15, 0.2) is 41.0 Å². The van der Waals surface area contributed by atoms with E-state index in [9.17, 15) is 0 Å². The van der Waals surface area contributed by atoms with Crippen LogP contribution >= 0.6 is 0 Å². The lowest BCUT2D eigenvalue weighted by molar-refractivity contribution is 0.573. The van der Waals surface area contributed by atoms with Gasteiger partial charge in [-0.25, -0.2) is 4.98 Å². The van der Waals surface area contributed by atoms with Crippen LogP contribution in [0.3, 0.4) is 0 Å². The maximum Gasteiger partial charge on any atom is 0.226 e. The van der Waals surface area contributed by atoms with Gasteiger partial charge in [0.2, 0.25) is 5.89 Å². The summed E-state index contributed by atoms with van der Waals surface area (Å²) >= 11 is 0. The fourth-order valence-corrected chi connectivity index (χ4v) is 1.43. The van der Waals surface area contributed by atoms with E-state index in [1.807, 2.05) is 43.3 Å². The van der Waals surface area contributed by atoms with Crippen molar-refractivity contribution in [1.82, 2.24) is 4.98 Å². The average Bonchev–Trinajstić information content (AvgIpc) is 2.74. The molecule has 0 bridgehead atoms. The van der Waals surface area contributed by atoms with Gasteiger partial charge in [-0.05, 0) is 24.6 Å². The van der Waals surface area contributed by atoms with Gasteiger partial charge in [-0.1, -0.05) is 24.3 Å². The summed E-state index contributed by atoms with van der Waals surface area (Å²) in [6.45, 7) is 2.46. The molecule has 1 heterocycles. The zero-order valence-corrected chi connectivity index (χ0v) is 9.18. The first kappa shape index (κ1) is 10.6. The second kappa shape index (κ2) is 4.77. The Balaban J connectivity index is 2.22. The Labute approximate surface area is 94.6 Å². The summed E-state index contributed by atoms with van der Waals surface area (Å²) in [6.07, 6.45) is 5.56. The summed E-state index contributed by atoms with van der Waals surface area (Å²) in [6, 6.07) is 8.00. The lowest BCUT2D eigenvalue weighted by atomic mass is 10.1. The normalized spacial score (nSPS) is 11.1. The standard InChI is InChI=1S/C13H14N2O/c1-10-9-16-13(15-10)12-6-4-11(5-7-12)3-2-8-14/h2-7,9H,8,14H2,1H3/b3-2+. The number of aromatic nitrogens is 1. The molecule has 2 aromatic rings. The molecule has 0 radical (unpaired) electrons. The Morgan fingerprint density at radius 3 is 2.62 bits per heavy atom. The highest BCUT2D eigenvalue weighted by atomic mass is 16.3. The van der Waals surface area contributed by atoms with E-state index in [1.54, 1.807) is 6.26 Å². The van der Waals surface area contributed by atoms with Crippen molar-refractivity contribution in [3.8, 4) is 11.5 Å². The number of nitrogens with two attached hydrogens (primary N) is 1. The average molecular weight is 214 g/mol. The Bertz CT molecular complexity index is 483. The third-order valence-corrected chi connectivity index (χ3v) is 2.22. The summed E-state index contributed by atoms with van der Waals surface area (Å²) in [7, 11) is 0.